The molecule has 0 saturated heterocycles. The number of ether oxygens (including phenoxy) is 1. The molecule has 1 atom stereocenters. The molecule has 0 spiro atoms. The van der Waals surface area contributed by atoms with Crippen molar-refractivity contribution in [2.45, 2.75) is 26.3 Å². The van der Waals surface area contributed by atoms with Gasteiger partial charge in [0.05, 0.1) is 5.02 Å². The fraction of sp³-hybridized carbons (Fsp3) is 0.385. The van der Waals surface area contributed by atoms with E-state index in [4.69, 9.17) is 27.9 Å². The molecule has 0 unspecified atom stereocenters. The van der Waals surface area contributed by atoms with Crippen molar-refractivity contribution in [2.24, 2.45) is 0 Å². The van der Waals surface area contributed by atoms with Crippen LogP contribution in [0.1, 0.15) is 20.3 Å². The molecule has 0 aliphatic heterocycles. The van der Waals surface area contributed by atoms with E-state index in [2.05, 4.69) is 10.6 Å². The van der Waals surface area contributed by atoms with Crippen molar-refractivity contribution in [1.82, 2.24) is 10.6 Å². The van der Waals surface area contributed by atoms with Gasteiger partial charge in [-0.05, 0) is 31.5 Å². The molecular weight excluding hydrogens is 303 g/mol. The first-order chi connectivity index (χ1) is 9.42. The Balaban J connectivity index is 2.41. The van der Waals surface area contributed by atoms with E-state index >= 15 is 0 Å². The average molecular weight is 319 g/mol. The van der Waals surface area contributed by atoms with Gasteiger partial charge in [0.2, 0.25) is 0 Å². The summed E-state index contributed by atoms with van der Waals surface area (Å²) in [6.07, 6.45) is 0.776. The molecule has 2 N–H and O–H groups in total. The van der Waals surface area contributed by atoms with E-state index in [-0.39, 0.29) is 12.6 Å². The Morgan fingerprint density at radius 2 is 2.05 bits per heavy atom. The van der Waals surface area contributed by atoms with Gasteiger partial charge in [0.15, 0.2) is 6.61 Å². The zero-order valence-corrected chi connectivity index (χ0v) is 12.7. The van der Waals surface area contributed by atoms with Crippen LogP contribution < -0.4 is 15.4 Å². The number of urea groups is 1. The van der Waals surface area contributed by atoms with E-state index in [1.54, 1.807) is 12.1 Å². The number of carbonyl (C=O) groups excluding carboxylic acids is 2. The van der Waals surface area contributed by atoms with Crippen LogP contribution >= 0.6 is 23.2 Å². The molecule has 7 heteroatoms. The van der Waals surface area contributed by atoms with Crippen LogP contribution in [0.25, 0.3) is 0 Å². The molecule has 0 aliphatic rings. The first-order valence-corrected chi connectivity index (χ1v) is 6.86. The topological polar surface area (TPSA) is 67.4 Å². The molecule has 1 rings (SSSR count). The van der Waals surface area contributed by atoms with Crippen LogP contribution in [0.2, 0.25) is 10.0 Å². The molecule has 0 aromatic heterocycles. The van der Waals surface area contributed by atoms with Crippen LogP contribution in [0.4, 0.5) is 4.79 Å². The number of imide groups is 1. The lowest BCUT2D eigenvalue weighted by Gasteiger charge is -2.12. The van der Waals surface area contributed by atoms with Crippen molar-refractivity contribution >= 4 is 35.1 Å². The summed E-state index contributed by atoms with van der Waals surface area (Å²) >= 11 is 11.6. The van der Waals surface area contributed by atoms with Crippen LogP contribution in [0, 0.1) is 0 Å². The third-order valence-corrected chi connectivity index (χ3v) is 3.03. The maximum atomic E-state index is 11.5. The highest BCUT2D eigenvalue weighted by Crippen LogP contribution is 2.27. The maximum Gasteiger partial charge on any atom is 0.321 e. The molecule has 20 heavy (non-hydrogen) atoms. The van der Waals surface area contributed by atoms with Gasteiger partial charge in [-0.15, -0.1) is 0 Å². The minimum absolute atomic E-state index is 0.00516. The summed E-state index contributed by atoms with van der Waals surface area (Å²) in [6.45, 7) is 3.46. The van der Waals surface area contributed by atoms with Crippen LogP contribution in [-0.4, -0.2) is 24.6 Å². The van der Waals surface area contributed by atoms with Crippen LogP contribution in [0.15, 0.2) is 18.2 Å². The molecule has 1 aromatic rings. The number of hydrogen-bond acceptors (Lipinski definition) is 3. The average Bonchev–Trinajstić information content (AvgIpc) is 2.37. The molecule has 3 amide bonds. The van der Waals surface area contributed by atoms with Crippen molar-refractivity contribution in [1.29, 1.82) is 0 Å². The van der Waals surface area contributed by atoms with Gasteiger partial charge in [-0.1, -0.05) is 30.1 Å². The predicted molar refractivity (Wildman–Crippen MR) is 78.4 cm³/mol. The van der Waals surface area contributed by atoms with Crippen molar-refractivity contribution in [3.05, 3.63) is 28.2 Å². The molecule has 1 aromatic carbocycles. The van der Waals surface area contributed by atoms with Crippen LogP contribution in [0.3, 0.4) is 0 Å². The molecular formula is C13H16Cl2N2O3. The lowest BCUT2D eigenvalue weighted by atomic mass is 10.3. The summed E-state index contributed by atoms with van der Waals surface area (Å²) in [4.78, 5) is 22.9. The summed E-state index contributed by atoms with van der Waals surface area (Å²) in [6, 6.07) is 4.10. The third kappa shape index (κ3) is 5.67. The largest absolute Gasteiger partial charge is 0.482 e. The second-order valence-corrected chi connectivity index (χ2v) is 5.04. The quantitative estimate of drug-likeness (QED) is 0.877. The van der Waals surface area contributed by atoms with Crippen molar-refractivity contribution < 1.29 is 14.3 Å². The number of carbonyl (C=O) groups is 2. The van der Waals surface area contributed by atoms with Gasteiger partial charge in [0.1, 0.15) is 5.75 Å². The van der Waals surface area contributed by atoms with E-state index in [0.29, 0.717) is 15.8 Å². The third-order valence-electron chi connectivity index (χ3n) is 2.50. The molecule has 0 radical (unpaired) electrons. The number of amides is 3. The Kier molecular flexibility index (Phi) is 6.61. The van der Waals surface area contributed by atoms with E-state index in [0.717, 1.165) is 6.42 Å². The van der Waals surface area contributed by atoms with Gasteiger partial charge in [-0.3, -0.25) is 10.1 Å². The molecule has 0 fully saturated rings. The van der Waals surface area contributed by atoms with E-state index < -0.39 is 11.9 Å². The highest BCUT2D eigenvalue weighted by Gasteiger charge is 2.11. The van der Waals surface area contributed by atoms with Gasteiger partial charge in [-0.2, -0.15) is 0 Å². The second-order valence-electron chi connectivity index (χ2n) is 4.19. The van der Waals surface area contributed by atoms with Crippen LogP contribution in [-0.2, 0) is 4.79 Å². The number of benzene rings is 1. The summed E-state index contributed by atoms with van der Waals surface area (Å²) in [5.41, 5.74) is 0. The summed E-state index contributed by atoms with van der Waals surface area (Å²) in [7, 11) is 0. The van der Waals surface area contributed by atoms with Crippen molar-refractivity contribution in [3.8, 4) is 5.75 Å². The first kappa shape index (κ1) is 16.6. The molecule has 110 valence electrons. The van der Waals surface area contributed by atoms with Crippen LogP contribution in [0.5, 0.6) is 5.75 Å². The summed E-state index contributed by atoms with van der Waals surface area (Å²) < 4.78 is 5.20. The molecule has 0 saturated carbocycles. The van der Waals surface area contributed by atoms with E-state index in [1.165, 1.54) is 6.07 Å². The van der Waals surface area contributed by atoms with Crippen molar-refractivity contribution in [3.63, 3.8) is 0 Å². The smallest absolute Gasteiger partial charge is 0.321 e. The highest BCUT2D eigenvalue weighted by atomic mass is 35.5. The normalized spacial score (nSPS) is 11.6. The second kappa shape index (κ2) is 7.97. The van der Waals surface area contributed by atoms with Gasteiger partial charge in [0, 0.05) is 11.1 Å². The standard InChI is InChI=1S/C13H16Cl2N2O3/c1-3-8(2)16-13(19)17-12(18)7-20-11-5-4-9(14)6-10(11)15/h4-6,8H,3,7H2,1-2H3,(H2,16,17,18,19)/t8-/m1/s1. The number of nitrogens with one attached hydrogen (secondary N) is 2. The first-order valence-electron chi connectivity index (χ1n) is 6.10. The van der Waals surface area contributed by atoms with E-state index in [1.807, 2.05) is 13.8 Å². The minimum atomic E-state index is -0.559. The Morgan fingerprint density at radius 3 is 2.65 bits per heavy atom. The summed E-state index contributed by atoms with van der Waals surface area (Å²) in [5, 5.41) is 5.54. The predicted octanol–water partition coefficient (Wildman–Crippen LogP) is 3.00. The zero-order valence-electron chi connectivity index (χ0n) is 11.2. The number of hydrogen-bond donors (Lipinski definition) is 2. The van der Waals surface area contributed by atoms with Crippen molar-refractivity contribution in [2.75, 3.05) is 6.61 Å². The summed E-state index contributed by atoms with van der Waals surface area (Å²) in [5.74, 6) is -0.231. The van der Waals surface area contributed by atoms with Gasteiger partial charge >= 0.3 is 6.03 Å². The molecule has 0 bridgehead atoms. The number of halogens is 2. The lowest BCUT2D eigenvalue weighted by molar-refractivity contribution is -0.122. The SMILES string of the molecule is CC[C@@H](C)NC(=O)NC(=O)COc1ccc(Cl)cc1Cl. The Hall–Kier alpha value is -1.46. The monoisotopic (exact) mass is 318 g/mol. The Bertz CT molecular complexity index is 495. The Morgan fingerprint density at radius 1 is 1.35 bits per heavy atom. The molecule has 0 heterocycles. The Labute approximate surface area is 127 Å². The highest BCUT2D eigenvalue weighted by molar-refractivity contribution is 6.35. The van der Waals surface area contributed by atoms with Gasteiger partial charge < -0.3 is 10.1 Å². The minimum Gasteiger partial charge on any atom is -0.482 e. The fourth-order valence-corrected chi connectivity index (χ4v) is 1.72. The zero-order chi connectivity index (χ0) is 15.1. The number of rotatable bonds is 5. The lowest BCUT2D eigenvalue weighted by Crippen LogP contribution is -2.44. The van der Waals surface area contributed by atoms with E-state index in [9.17, 15) is 9.59 Å². The van der Waals surface area contributed by atoms with Gasteiger partial charge in [0.25, 0.3) is 5.91 Å². The molecule has 0 aliphatic carbocycles. The fourth-order valence-electron chi connectivity index (χ4n) is 1.26. The maximum absolute atomic E-state index is 11.5. The molecule has 5 nitrogen and oxygen atoms in total. The van der Waals surface area contributed by atoms with Gasteiger partial charge in [-0.25, -0.2) is 4.79 Å².